The molecule has 12 heavy (non-hydrogen) atoms. The van der Waals surface area contributed by atoms with Crippen LogP contribution in [-0.2, 0) is 4.79 Å². The van der Waals surface area contributed by atoms with E-state index in [2.05, 4.69) is 10.7 Å². The van der Waals surface area contributed by atoms with Gasteiger partial charge in [-0.2, -0.15) is 0 Å². The van der Waals surface area contributed by atoms with Crippen molar-refractivity contribution in [2.45, 2.75) is 12.5 Å². The highest BCUT2D eigenvalue weighted by Crippen LogP contribution is 2.19. The third-order valence-corrected chi connectivity index (χ3v) is 1.93. The molecule has 2 aliphatic heterocycles. The van der Waals surface area contributed by atoms with Crippen molar-refractivity contribution in [2.75, 3.05) is 0 Å². The van der Waals surface area contributed by atoms with Gasteiger partial charge in [-0.25, -0.2) is 5.43 Å². The molecule has 0 aliphatic carbocycles. The van der Waals surface area contributed by atoms with Gasteiger partial charge in [-0.05, 0) is 0 Å². The average molecular weight is 166 g/mol. The van der Waals surface area contributed by atoms with Crippen LogP contribution < -0.4 is 16.5 Å². The summed E-state index contributed by atoms with van der Waals surface area (Å²) in [6.07, 6.45) is 6.08. The first-order chi connectivity index (χ1) is 5.77. The molecule has 1 saturated heterocycles. The molecule has 4 N–H and O–H groups in total. The molecule has 1 fully saturated rings. The lowest BCUT2D eigenvalue weighted by Crippen LogP contribution is -2.40. The van der Waals surface area contributed by atoms with Gasteiger partial charge in [-0.1, -0.05) is 0 Å². The molecule has 0 aromatic heterocycles. The second kappa shape index (κ2) is 2.53. The predicted octanol–water partition coefficient (Wildman–Crippen LogP) is -1.03. The number of hydrazine groups is 1. The molecule has 5 heteroatoms. The number of nitrogens with one attached hydrogen (secondary N) is 2. The Hall–Kier alpha value is -1.49. The van der Waals surface area contributed by atoms with Crippen LogP contribution in [0.4, 0.5) is 0 Å². The van der Waals surface area contributed by atoms with Crippen molar-refractivity contribution in [2.24, 2.45) is 5.73 Å². The summed E-state index contributed by atoms with van der Waals surface area (Å²) in [7, 11) is 0. The topological polar surface area (TPSA) is 70.4 Å². The number of carbonyl (C=O) groups is 1. The fraction of sp³-hybridized carbons (Fsp3) is 0.286. The van der Waals surface area contributed by atoms with Crippen molar-refractivity contribution in [1.29, 1.82) is 0 Å². The van der Waals surface area contributed by atoms with Crippen LogP contribution in [0.2, 0.25) is 0 Å². The molecule has 5 nitrogen and oxygen atoms in total. The van der Waals surface area contributed by atoms with Crippen LogP contribution in [0.25, 0.3) is 0 Å². The Morgan fingerprint density at radius 2 is 2.58 bits per heavy atom. The van der Waals surface area contributed by atoms with Crippen LogP contribution in [0.3, 0.4) is 0 Å². The largest absolute Gasteiger partial charge is 0.368 e. The van der Waals surface area contributed by atoms with Gasteiger partial charge >= 0.3 is 0 Å². The fourth-order valence-electron chi connectivity index (χ4n) is 1.30. The van der Waals surface area contributed by atoms with Crippen molar-refractivity contribution >= 4 is 5.91 Å². The minimum Gasteiger partial charge on any atom is -0.368 e. The van der Waals surface area contributed by atoms with E-state index in [1.807, 2.05) is 12.4 Å². The smallest absolute Gasteiger partial charge is 0.236 e. The van der Waals surface area contributed by atoms with Gasteiger partial charge in [0.25, 0.3) is 0 Å². The number of carbonyl (C=O) groups excluding carboxylic acids is 1. The Kier molecular flexibility index (Phi) is 1.51. The highest BCUT2D eigenvalue weighted by atomic mass is 16.1. The molecule has 0 bridgehead atoms. The molecule has 64 valence electrons. The number of primary amides is 1. The molecule has 2 heterocycles. The lowest BCUT2D eigenvalue weighted by atomic mass is 10.2. The van der Waals surface area contributed by atoms with E-state index in [9.17, 15) is 4.79 Å². The fourth-order valence-corrected chi connectivity index (χ4v) is 1.30. The summed E-state index contributed by atoms with van der Waals surface area (Å²) in [4.78, 5) is 10.8. The molecule has 1 atom stereocenters. The highest BCUT2D eigenvalue weighted by Gasteiger charge is 2.29. The number of fused-ring (bicyclic) bond motifs is 1. The van der Waals surface area contributed by atoms with Crippen LogP contribution >= 0.6 is 0 Å². The summed E-state index contributed by atoms with van der Waals surface area (Å²) in [6, 6.07) is -0.277. The maximum atomic E-state index is 10.8. The van der Waals surface area contributed by atoms with Crippen LogP contribution in [0.15, 0.2) is 24.3 Å². The molecular formula is C7H10N4O. The number of nitrogens with two attached hydrogens (primary N) is 1. The molecular weight excluding hydrogens is 156 g/mol. The lowest BCUT2D eigenvalue weighted by molar-refractivity contribution is -0.120. The zero-order valence-electron chi connectivity index (χ0n) is 6.45. The number of hydrogen-bond donors (Lipinski definition) is 3. The van der Waals surface area contributed by atoms with Gasteiger partial charge in [0, 0.05) is 25.0 Å². The molecule has 2 aliphatic rings. The van der Waals surface area contributed by atoms with E-state index in [-0.39, 0.29) is 11.9 Å². The Bertz CT molecular complexity index is 271. The summed E-state index contributed by atoms with van der Waals surface area (Å²) >= 11 is 0. The summed E-state index contributed by atoms with van der Waals surface area (Å²) in [5.74, 6) is -0.321. The third kappa shape index (κ3) is 1.04. The van der Waals surface area contributed by atoms with Gasteiger partial charge in [-0.15, -0.1) is 0 Å². The summed E-state index contributed by atoms with van der Waals surface area (Å²) in [5, 5.41) is 4.74. The quantitative estimate of drug-likeness (QED) is 0.465. The molecule has 2 rings (SSSR count). The number of amides is 1. The van der Waals surface area contributed by atoms with E-state index in [4.69, 9.17) is 5.73 Å². The minimum absolute atomic E-state index is 0.277. The predicted molar refractivity (Wildman–Crippen MR) is 42.9 cm³/mol. The monoisotopic (exact) mass is 166 g/mol. The van der Waals surface area contributed by atoms with Crippen LogP contribution in [0.5, 0.6) is 0 Å². The molecule has 0 aromatic rings. The first-order valence-corrected chi connectivity index (χ1v) is 3.74. The highest BCUT2D eigenvalue weighted by molar-refractivity contribution is 5.80. The van der Waals surface area contributed by atoms with E-state index in [1.54, 1.807) is 11.2 Å². The standard InChI is InChI=1S/C7H10N4O/c8-7(12)6-3-5-4-9-1-2-11(5)10-6/h1-2,4,6,9-10H,3H2,(H2,8,12). The van der Waals surface area contributed by atoms with Gasteiger partial charge in [0.1, 0.15) is 6.04 Å². The molecule has 0 aromatic carbocycles. The van der Waals surface area contributed by atoms with Crippen molar-refractivity contribution < 1.29 is 4.79 Å². The molecule has 1 amide bonds. The molecule has 1 unspecified atom stereocenters. The van der Waals surface area contributed by atoms with E-state index >= 15 is 0 Å². The number of nitrogens with zero attached hydrogens (tertiary/aromatic N) is 1. The number of hydrogen-bond acceptors (Lipinski definition) is 4. The van der Waals surface area contributed by atoms with Gasteiger partial charge in [0.05, 0.1) is 5.70 Å². The zero-order valence-corrected chi connectivity index (χ0v) is 6.45. The second-order valence-electron chi connectivity index (χ2n) is 2.78. The first kappa shape index (κ1) is 7.17. The van der Waals surface area contributed by atoms with Gasteiger partial charge in [0.2, 0.25) is 5.91 Å². The third-order valence-electron chi connectivity index (χ3n) is 1.93. The average Bonchev–Trinajstić information content (AvgIpc) is 2.46. The Morgan fingerprint density at radius 1 is 1.75 bits per heavy atom. The number of rotatable bonds is 1. The molecule has 0 saturated carbocycles. The minimum atomic E-state index is -0.321. The van der Waals surface area contributed by atoms with E-state index < -0.39 is 0 Å². The van der Waals surface area contributed by atoms with Gasteiger partial charge < -0.3 is 11.1 Å². The van der Waals surface area contributed by atoms with Crippen LogP contribution in [0, 0.1) is 0 Å². The van der Waals surface area contributed by atoms with Crippen molar-refractivity contribution in [3.8, 4) is 0 Å². The van der Waals surface area contributed by atoms with E-state index in [0.717, 1.165) is 5.70 Å². The molecule has 0 spiro atoms. The lowest BCUT2D eigenvalue weighted by Gasteiger charge is -2.17. The summed E-state index contributed by atoms with van der Waals surface area (Å²) in [5.41, 5.74) is 9.14. The van der Waals surface area contributed by atoms with Gasteiger partial charge in [0.15, 0.2) is 0 Å². The SMILES string of the molecule is NC(=O)C1CC2=CNC=CN2N1. The Balaban J connectivity index is 2.13. The second-order valence-corrected chi connectivity index (χ2v) is 2.78. The van der Waals surface area contributed by atoms with Crippen molar-refractivity contribution in [1.82, 2.24) is 15.8 Å². The summed E-state index contributed by atoms with van der Waals surface area (Å²) in [6.45, 7) is 0. The maximum Gasteiger partial charge on any atom is 0.236 e. The van der Waals surface area contributed by atoms with Crippen LogP contribution in [-0.4, -0.2) is 17.0 Å². The van der Waals surface area contributed by atoms with Crippen molar-refractivity contribution in [3.63, 3.8) is 0 Å². The first-order valence-electron chi connectivity index (χ1n) is 3.74. The summed E-state index contributed by atoms with van der Waals surface area (Å²) < 4.78 is 0. The maximum absolute atomic E-state index is 10.8. The Morgan fingerprint density at radius 3 is 3.25 bits per heavy atom. The van der Waals surface area contributed by atoms with E-state index in [1.165, 1.54) is 0 Å². The normalized spacial score (nSPS) is 26.2. The van der Waals surface area contributed by atoms with Crippen LogP contribution in [0.1, 0.15) is 6.42 Å². The van der Waals surface area contributed by atoms with Crippen molar-refractivity contribution in [3.05, 3.63) is 24.3 Å². The Labute approximate surface area is 69.9 Å². The zero-order chi connectivity index (χ0) is 8.55. The van der Waals surface area contributed by atoms with E-state index in [0.29, 0.717) is 6.42 Å². The van der Waals surface area contributed by atoms with Gasteiger partial charge in [-0.3, -0.25) is 9.80 Å². The molecule has 0 radical (unpaired) electrons.